The van der Waals surface area contributed by atoms with Gasteiger partial charge in [0.2, 0.25) is 0 Å². The zero-order valence-corrected chi connectivity index (χ0v) is 9.53. The largest absolute Gasteiger partial charge is 0.496 e. The van der Waals surface area contributed by atoms with Crippen LogP contribution in [0.3, 0.4) is 0 Å². The lowest BCUT2D eigenvalue weighted by Crippen LogP contribution is -2.31. The lowest BCUT2D eigenvalue weighted by molar-refractivity contribution is 0.242. The van der Waals surface area contributed by atoms with Crippen molar-refractivity contribution < 1.29 is 9.84 Å². The number of para-hydroxylation sites is 1. The molecule has 0 fully saturated rings. The fraction of sp³-hybridized carbons (Fsp3) is 0.500. The van der Waals surface area contributed by atoms with Gasteiger partial charge in [0.05, 0.1) is 13.7 Å². The summed E-state index contributed by atoms with van der Waals surface area (Å²) in [5.74, 6) is 0.877. The number of aliphatic hydroxyl groups is 1. The average molecular weight is 209 g/mol. The second-order valence-corrected chi connectivity index (χ2v) is 3.71. The summed E-state index contributed by atoms with van der Waals surface area (Å²) in [5.41, 5.74) is 1.11. The minimum absolute atomic E-state index is 0.0879. The maximum Gasteiger partial charge on any atom is 0.123 e. The molecule has 1 aromatic rings. The molecule has 2 N–H and O–H groups in total. The Morgan fingerprint density at radius 3 is 2.60 bits per heavy atom. The monoisotopic (exact) mass is 209 g/mol. The minimum atomic E-state index is 0.0879. The van der Waals surface area contributed by atoms with Crippen LogP contribution in [-0.2, 0) is 0 Å². The van der Waals surface area contributed by atoms with Gasteiger partial charge in [-0.2, -0.15) is 0 Å². The molecular weight excluding hydrogens is 190 g/mol. The van der Waals surface area contributed by atoms with E-state index in [1.165, 1.54) is 0 Å². The highest BCUT2D eigenvalue weighted by molar-refractivity contribution is 5.35. The number of aliphatic hydroxyl groups excluding tert-OH is 1. The standard InChI is InChI=1S/C12H19NO2/c1-9(8-14)13-10(2)11-6-4-5-7-12(11)15-3/h4-7,9-10,13-14H,8H2,1-3H3/t9-,10+/m1/s1. The molecule has 0 aliphatic heterocycles. The van der Waals surface area contributed by atoms with Crippen molar-refractivity contribution in [2.75, 3.05) is 13.7 Å². The van der Waals surface area contributed by atoms with Crippen LogP contribution in [0, 0.1) is 0 Å². The van der Waals surface area contributed by atoms with Crippen molar-refractivity contribution in [1.29, 1.82) is 0 Å². The molecule has 3 heteroatoms. The smallest absolute Gasteiger partial charge is 0.123 e. The minimum Gasteiger partial charge on any atom is -0.496 e. The summed E-state index contributed by atoms with van der Waals surface area (Å²) < 4.78 is 5.28. The zero-order chi connectivity index (χ0) is 11.3. The number of hydrogen-bond acceptors (Lipinski definition) is 3. The third-order valence-electron chi connectivity index (χ3n) is 2.41. The zero-order valence-electron chi connectivity index (χ0n) is 9.53. The summed E-state index contributed by atoms with van der Waals surface area (Å²) in [5, 5.41) is 12.3. The van der Waals surface area contributed by atoms with Crippen LogP contribution in [-0.4, -0.2) is 24.9 Å². The second-order valence-electron chi connectivity index (χ2n) is 3.71. The molecule has 84 valence electrons. The number of rotatable bonds is 5. The number of nitrogens with one attached hydrogen (secondary N) is 1. The predicted octanol–water partition coefficient (Wildman–Crippen LogP) is 1.73. The van der Waals surface area contributed by atoms with Crippen molar-refractivity contribution in [3.05, 3.63) is 29.8 Å². The van der Waals surface area contributed by atoms with Crippen molar-refractivity contribution in [2.24, 2.45) is 0 Å². The lowest BCUT2D eigenvalue weighted by Gasteiger charge is -2.20. The summed E-state index contributed by atoms with van der Waals surface area (Å²) in [4.78, 5) is 0. The van der Waals surface area contributed by atoms with Crippen LogP contribution in [0.4, 0.5) is 0 Å². The van der Waals surface area contributed by atoms with E-state index in [0.717, 1.165) is 11.3 Å². The molecule has 0 aliphatic rings. The van der Waals surface area contributed by atoms with Crippen LogP contribution in [0.25, 0.3) is 0 Å². The van der Waals surface area contributed by atoms with E-state index in [9.17, 15) is 0 Å². The van der Waals surface area contributed by atoms with E-state index >= 15 is 0 Å². The molecule has 0 aliphatic carbocycles. The van der Waals surface area contributed by atoms with Gasteiger partial charge in [-0.15, -0.1) is 0 Å². The number of benzene rings is 1. The summed E-state index contributed by atoms with van der Waals surface area (Å²) in [6.45, 7) is 4.15. The number of hydrogen-bond donors (Lipinski definition) is 2. The van der Waals surface area contributed by atoms with E-state index in [1.54, 1.807) is 7.11 Å². The number of methoxy groups -OCH3 is 1. The van der Waals surface area contributed by atoms with Crippen molar-refractivity contribution >= 4 is 0 Å². The molecule has 0 spiro atoms. The fourth-order valence-electron chi connectivity index (χ4n) is 1.59. The topological polar surface area (TPSA) is 41.5 Å². The SMILES string of the molecule is COc1ccccc1[C@H](C)N[C@H](C)CO. The Bertz CT molecular complexity index is 301. The molecule has 0 bridgehead atoms. The molecular formula is C12H19NO2. The second kappa shape index (κ2) is 5.73. The van der Waals surface area contributed by atoms with Gasteiger partial charge in [-0.25, -0.2) is 0 Å². The van der Waals surface area contributed by atoms with Gasteiger partial charge < -0.3 is 15.2 Å². The van der Waals surface area contributed by atoms with E-state index < -0.39 is 0 Å². The van der Waals surface area contributed by atoms with Gasteiger partial charge >= 0.3 is 0 Å². The highest BCUT2D eigenvalue weighted by Gasteiger charge is 2.12. The normalized spacial score (nSPS) is 14.7. The lowest BCUT2D eigenvalue weighted by atomic mass is 10.1. The van der Waals surface area contributed by atoms with Gasteiger partial charge in [0, 0.05) is 17.6 Å². The van der Waals surface area contributed by atoms with Crippen LogP contribution in [0.5, 0.6) is 5.75 Å². The van der Waals surface area contributed by atoms with E-state index in [-0.39, 0.29) is 18.7 Å². The molecule has 0 saturated heterocycles. The van der Waals surface area contributed by atoms with Crippen molar-refractivity contribution in [3.8, 4) is 5.75 Å². The maximum atomic E-state index is 8.96. The Morgan fingerprint density at radius 1 is 1.33 bits per heavy atom. The Morgan fingerprint density at radius 2 is 2.00 bits per heavy atom. The van der Waals surface area contributed by atoms with E-state index in [4.69, 9.17) is 9.84 Å². The van der Waals surface area contributed by atoms with E-state index in [0.29, 0.717) is 0 Å². The first-order valence-electron chi connectivity index (χ1n) is 5.18. The molecule has 0 saturated carbocycles. The van der Waals surface area contributed by atoms with Gasteiger partial charge in [0.25, 0.3) is 0 Å². The molecule has 1 rings (SSSR count). The highest BCUT2D eigenvalue weighted by atomic mass is 16.5. The fourth-order valence-corrected chi connectivity index (χ4v) is 1.59. The first kappa shape index (κ1) is 12.0. The predicted molar refractivity (Wildman–Crippen MR) is 61.1 cm³/mol. The summed E-state index contributed by atoms with van der Waals surface area (Å²) >= 11 is 0. The summed E-state index contributed by atoms with van der Waals surface area (Å²) in [7, 11) is 1.67. The third-order valence-corrected chi connectivity index (χ3v) is 2.41. The Labute approximate surface area is 91.1 Å². The van der Waals surface area contributed by atoms with Crippen LogP contribution in [0.2, 0.25) is 0 Å². The van der Waals surface area contributed by atoms with Gasteiger partial charge in [0.15, 0.2) is 0 Å². The Balaban J connectivity index is 2.76. The molecule has 0 radical (unpaired) electrons. The molecule has 0 aromatic heterocycles. The molecule has 0 amide bonds. The molecule has 0 heterocycles. The summed E-state index contributed by atoms with van der Waals surface area (Å²) in [6, 6.07) is 8.16. The maximum absolute atomic E-state index is 8.96. The van der Waals surface area contributed by atoms with Gasteiger partial charge in [0.1, 0.15) is 5.75 Å². The van der Waals surface area contributed by atoms with Crippen molar-refractivity contribution in [3.63, 3.8) is 0 Å². The van der Waals surface area contributed by atoms with E-state index in [1.807, 2.05) is 31.2 Å². The van der Waals surface area contributed by atoms with Gasteiger partial charge in [-0.05, 0) is 19.9 Å². The molecule has 0 unspecified atom stereocenters. The quantitative estimate of drug-likeness (QED) is 0.776. The molecule has 1 aromatic carbocycles. The molecule has 3 nitrogen and oxygen atoms in total. The van der Waals surface area contributed by atoms with E-state index in [2.05, 4.69) is 12.2 Å². The first-order valence-corrected chi connectivity index (χ1v) is 5.18. The van der Waals surface area contributed by atoms with Crippen LogP contribution >= 0.6 is 0 Å². The van der Waals surface area contributed by atoms with Crippen LogP contribution in [0.1, 0.15) is 25.5 Å². The van der Waals surface area contributed by atoms with Gasteiger partial charge in [-0.1, -0.05) is 18.2 Å². The average Bonchev–Trinajstić information content (AvgIpc) is 2.28. The van der Waals surface area contributed by atoms with Gasteiger partial charge in [-0.3, -0.25) is 0 Å². The number of ether oxygens (including phenoxy) is 1. The van der Waals surface area contributed by atoms with Crippen LogP contribution < -0.4 is 10.1 Å². The summed E-state index contributed by atoms with van der Waals surface area (Å²) in [6.07, 6.45) is 0. The Kier molecular flexibility index (Phi) is 4.59. The third kappa shape index (κ3) is 3.22. The van der Waals surface area contributed by atoms with Crippen LogP contribution in [0.15, 0.2) is 24.3 Å². The molecule has 15 heavy (non-hydrogen) atoms. The van der Waals surface area contributed by atoms with Crippen molar-refractivity contribution in [1.82, 2.24) is 5.32 Å². The highest BCUT2D eigenvalue weighted by Crippen LogP contribution is 2.24. The van der Waals surface area contributed by atoms with Crippen molar-refractivity contribution in [2.45, 2.75) is 25.9 Å². The first-order chi connectivity index (χ1) is 7.19. The Hall–Kier alpha value is -1.06. The molecule has 2 atom stereocenters.